The molecule has 2 aromatic heterocycles. The minimum Gasteiger partial charge on any atom is -0.444 e. The van der Waals surface area contributed by atoms with Gasteiger partial charge in [0.05, 0.1) is 27.6 Å². The summed E-state index contributed by atoms with van der Waals surface area (Å²) in [5.74, 6) is 1.04. The van der Waals surface area contributed by atoms with Gasteiger partial charge >= 0.3 is 12.1 Å². The van der Waals surface area contributed by atoms with Gasteiger partial charge in [-0.25, -0.2) is 14.6 Å². The second kappa shape index (κ2) is 19.3. The van der Waals surface area contributed by atoms with Crippen LogP contribution in [0, 0.1) is 11.8 Å². The molecule has 0 radical (unpaired) electrons. The van der Waals surface area contributed by atoms with Crippen molar-refractivity contribution in [1.82, 2.24) is 25.5 Å². The molecule has 0 saturated carbocycles. The SMILES string of the molecule is CC(C)c1nc(CN(C)C(=O)N[C@H](CC[C@H](CC[C@H](Cc2ccccc2)NC(=O)OCc2cncs2)Cc2ccccc2)C(C)C)cs1. The Morgan fingerprint density at radius 2 is 1.52 bits per heavy atom. The third kappa shape index (κ3) is 12.7. The third-order valence-corrected chi connectivity index (χ3v) is 10.5. The smallest absolute Gasteiger partial charge is 0.407 e. The maximum atomic E-state index is 13.3. The van der Waals surface area contributed by atoms with Gasteiger partial charge in [0.15, 0.2) is 0 Å². The Morgan fingerprint density at radius 3 is 2.12 bits per heavy atom. The quantitative estimate of drug-likeness (QED) is 0.109. The topological polar surface area (TPSA) is 96.5 Å². The van der Waals surface area contributed by atoms with Crippen molar-refractivity contribution in [2.24, 2.45) is 11.8 Å². The summed E-state index contributed by atoms with van der Waals surface area (Å²) in [5, 5.41) is 9.62. The molecule has 48 heavy (non-hydrogen) atoms. The summed E-state index contributed by atoms with van der Waals surface area (Å²) in [7, 11) is 1.83. The van der Waals surface area contributed by atoms with Crippen LogP contribution in [0.1, 0.15) is 86.0 Å². The highest BCUT2D eigenvalue weighted by molar-refractivity contribution is 7.09. The van der Waals surface area contributed by atoms with Crippen LogP contribution in [0.15, 0.2) is 77.8 Å². The number of nitrogens with one attached hydrogen (secondary N) is 2. The van der Waals surface area contributed by atoms with E-state index < -0.39 is 6.09 Å². The Hall–Kier alpha value is -3.76. The average Bonchev–Trinajstić information content (AvgIpc) is 3.78. The van der Waals surface area contributed by atoms with Crippen molar-refractivity contribution in [3.63, 3.8) is 0 Å². The number of nitrogens with zero attached hydrogens (tertiary/aromatic N) is 3. The number of alkyl carbamates (subject to hydrolysis) is 1. The molecule has 8 nitrogen and oxygen atoms in total. The number of aromatic nitrogens is 2. The Balaban J connectivity index is 1.38. The molecule has 4 rings (SSSR count). The van der Waals surface area contributed by atoms with Crippen LogP contribution in [0.2, 0.25) is 0 Å². The Bertz CT molecular complexity index is 1500. The monoisotopic (exact) mass is 689 g/mol. The van der Waals surface area contributed by atoms with E-state index in [2.05, 4.69) is 79.7 Å². The molecule has 0 spiro atoms. The molecule has 3 atom stereocenters. The van der Waals surface area contributed by atoms with E-state index in [9.17, 15) is 9.59 Å². The van der Waals surface area contributed by atoms with Crippen molar-refractivity contribution in [2.75, 3.05) is 7.05 Å². The largest absolute Gasteiger partial charge is 0.444 e. The molecule has 2 N–H and O–H groups in total. The van der Waals surface area contributed by atoms with Crippen molar-refractivity contribution >= 4 is 34.8 Å². The summed E-state index contributed by atoms with van der Waals surface area (Å²) in [6.07, 6.45) is 6.56. The fourth-order valence-corrected chi connectivity index (χ4v) is 7.08. The van der Waals surface area contributed by atoms with E-state index in [0.29, 0.717) is 18.4 Å². The average molecular weight is 690 g/mol. The first kappa shape index (κ1) is 37.1. The highest BCUT2D eigenvalue weighted by Crippen LogP contribution is 2.25. The lowest BCUT2D eigenvalue weighted by atomic mass is 9.85. The van der Waals surface area contributed by atoms with Crippen molar-refractivity contribution in [2.45, 2.75) is 97.4 Å². The van der Waals surface area contributed by atoms with E-state index in [-0.39, 0.29) is 30.6 Å². The van der Waals surface area contributed by atoms with Crippen LogP contribution in [-0.2, 0) is 30.7 Å². The predicted molar refractivity (Wildman–Crippen MR) is 196 cm³/mol. The van der Waals surface area contributed by atoms with Crippen molar-refractivity contribution in [3.8, 4) is 0 Å². The molecular weight excluding hydrogens is 639 g/mol. The maximum absolute atomic E-state index is 13.3. The zero-order valence-corrected chi connectivity index (χ0v) is 30.6. The first-order valence-electron chi connectivity index (χ1n) is 17.0. The molecule has 3 amide bonds. The van der Waals surface area contributed by atoms with Gasteiger partial charge in [0, 0.05) is 36.6 Å². The van der Waals surface area contributed by atoms with Crippen LogP contribution in [0.4, 0.5) is 9.59 Å². The minimum absolute atomic E-state index is 0.0415. The van der Waals surface area contributed by atoms with Gasteiger partial charge in [0.2, 0.25) is 0 Å². The van der Waals surface area contributed by atoms with E-state index in [1.54, 1.807) is 27.9 Å². The van der Waals surface area contributed by atoms with Crippen molar-refractivity contribution in [3.05, 3.63) is 104 Å². The van der Waals surface area contributed by atoms with Crippen LogP contribution < -0.4 is 10.6 Å². The molecule has 4 aromatic rings. The second-order valence-electron chi connectivity index (χ2n) is 13.3. The van der Waals surface area contributed by atoms with E-state index in [0.717, 1.165) is 54.1 Å². The number of thiazole rings is 2. The zero-order valence-electron chi connectivity index (χ0n) is 28.9. The molecule has 0 aliphatic carbocycles. The summed E-state index contributed by atoms with van der Waals surface area (Å²) >= 11 is 3.12. The maximum Gasteiger partial charge on any atom is 0.407 e. The molecule has 2 aromatic carbocycles. The normalized spacial score (nSPS) is 13.2. The fraction of sp³-hybridized carbons (Fsp3) is 0.474. The lowest BCUT2D eigenvalue weighted by molar-refractivity contribution is 0.135. The number of urea groups is 1. The number of hydrogen-bond donors (Lipinski definition) is 2. The number of carbonyl (C=O) groups excluding carboxylic acids is 2. The molecular formula is C38H51N5O3S2. The lowest BCUT2D eigenvalue weighted by Gasteiger charge is -2.28. The standard InChI is InChI=1S/C38H51N5O3S2/c1-27(2)35(42-37(44)43(5)23-33-25-47-36(40-33)28(3)4)19-17-31(20-29-12-8-6-9-13-29)16-18-32(21-30-14-10-7-11-15-30)41-38(45)46-24-34-22-39-26-48-34/h6-15,22,25-28,31-32,35H,16-21,23-24H2,1-5H3,(H,41,45)(H,42,44)/t31-,32+,35+/m0/s1. The molecule has 10 heteroatoms. The number of amides is 3. The number of benzene rings is 2. The minimum atomic E-state index is -0.409. The first-order chi connectivity index (χ1) is 23.2. The Morgan fingerprint density at radius 1 is 0.854 bits per heavy atom. The molecule has 0 fully saturated rings. The lowest BCUT2D eigenvalue weighted by Crippen LogP contribution is -2.45. The number of ether oxygens (including phenoxy) is 1. The van der Waals surface area contributed by atoms with Gasteiger partial charge in [0.1, 0.15) is 6.61 Å². The van der Waals surface area contributed by atoms with Crippen LogP contribution in [0.5, 0.6) is 0 Å². The molecule has 0 aliphatic rings. The number of rotatable bonds is 18. The summed E-state index contributed by atoms with van der Waals surface area (Å²) in [6, 6.07) is 20.8. The third-order valence-electron chi connectivity index (χ3n) is 8.58. The van der Waals surface area contributed by atoms with Crippen LogP contribution >= 0.6 is 22.7 Å². The van der Waals surface area contributed by atoms with Crippen molar-refractivity contribution < 1.29 is 14.3 Å². The van der Waals surface area contributed by atoms with Crippen LogP contribution in [0.3, 0.4) is 0 Å². The Labute approximate surface area is 294 Å². The molecule has 0 saturated heterocycles. The van der Waals surface area contributed by atoms with Gasteiger partial charge in [-0.1, -0.05) is 88.4 Å². The molecule has 0 aliphatic heterocycles. The van der Waals surface area contributed by atoms with Gasteiger partial charge in [-0.2, -0.15) is 0 Å². The van der Waals surface area contributed by atoms with Gasteiger partial charge in [-0.15, -0.1) is 22.7 Å². The van der Waals surface area contributed by atoms with Crippen LogP contribution in [0.25, 0.3) is 0 Å². The summed E-state index contributed by atoms with van der Waals surface area (Å²) in [4.78, 5) is 37.6. The number of carbonyl (C=O) groups is 2. The molecule has 2 heterocycles. The molecule has 0 bridgehead atoms. The Kier molecular flexibility index (Phi) is 14.9. The van der Waals surface area contributed by atoms with E-state index in [4.69, 9.17) is 9.72 Å². The van der Waals surface area contributed by atoms with Gasteiger partial charge < -0.3 is 20.3 Å². The van der Waals surface area contributed by atoms with Gasteiger partial charge in [-0.3, -0.25) is 4.98 Å². The molecule has 258 valence electrons. The van der Waals surface area contributed by atoms with Gasteiger partial charge in [-0.05, 0) is 61.5 Å². The van der Waals surface area contributed by atoms with E-state index in [1.807, 2.05) is 36.7 Å². The first-order valence-corrected chi connectivity index (χ1v) is 18.8. The van der Waals surface area contributed by atoms with Crippen molar-refractivity contribution in [1.29, 1.82) is 0 Å². The summed E-state index contributed by atoms with van der Waals surface area (Å²) in [5.41, 5.74) is 5.14. The zero-order chi connectivity index (χ0) is 34.3. The van der Waals surface area contributed by atoms with Crippen LogP contribution in [-0.4, -0.2) is 46.1 Å². The fourth-order valence-electron chi connectivity index (χ4n) is 5.75. The number of hydrogen-bond acceptors (Lipinski definition) is 7. The molecule has 0 unspecified atom stereocenters. The van der Waals surface area contributed by atoms with E-state index >= 15 is 0 Å². The van der Waals surface area contributed by atoms with E-state index in [1.165, 1.54) is 22.5 Å². The highest BCUT2D eigenvalue weighted by atomic mass is 32.1. The summed E-state index contributed by atoms with van der Waals surface area (Å²) < 4.78 is 5.54. The predicted octanol–water partition coefficient (Wildman–Crippen LogP) is 8.85. The summed E-state index contributed by atoms with van der Waals surface area (Å²) in [6.45, 7) is 9.31. The second-order valence-corrected chi connectivity index (χ2v) is 15.1. The van der Waals surface area contributed by atoms with Gasteiger partial charge in [0.25, 0.3) is 0 Å². The highest BCUT2D eigenvalue weighted by Gasteiger charge is 2.23.